The van der Waals surface area contributed by atoms with E-state index in [1.165, 1.54) is 0 Å². The number of carbonyl (C=O) groups is 1. The lowest BCUT2D eigenvalue weighted by molar-refractivity contribution is 0.0729. The fourth-order valence-corrected chi connectivity index (χ4v) is 3.58. The molecule has 1 fully saturated rings. The van der Waals surface area contributed by atoms with Crippen LogP contribution in [0.25, 0.3) is 0 Å². The maximum absolute atomic E-state index is 12.9. The SMILES string of the molecule is Cc1nc(C(=O)N2CCCC2c2c(C)nn(C)c2Cl)ccc1C#N. The van der Waals surface area contributed by atoms with E-state index in [4.69, 9.17) is 16.9 Å². The van der Waals surface area contributed by atoms with Crippen molar-refractivity contribution in [1.29, 1.82) is 5.26 Å². The second-order valence-corrected chi connectivity index (χ2v) is 6.37. The number of carbonyl (C=O) groups excluding carboxylic acids is 1. The minimum absolute atomic E-state index is 0.0866. The molecule has 1 unspecified atom stereocenters. The van der Waals surface area contributed by atoms with Gasteiger partial charge in [0.1, 0.15) is 16.9 Å². The van der Waals surface area contributed by atoms with E-state index in [9.17, 15) is 4.79 Å². The maximum atomic E-state index is 12.9. The van der Waals surface area contributed by atoms with Crippen LogP contribution < -0.4 is 0 Å². The molecule has 1 aliphatic rings. The van der Waals surface area contributed by atoms with Gasteiger partial charge in [0.25, 0.3) is 5.91 Å². The molecule has 1 saturated heterocycles. The van der Waals surface area contributed by atoms with Crippen molar-refractivity contribution in [3.63, 3.8) is 0 Å². The first kappa shape index (κ1) is 16.5. The summed E-state index contributed by atoms with van der Waals surface area (Å²) in [5, 5.41) is 13.9. The Bertz CT molecular complexity index is 851. The third-order valence-corrected chi connectivity index (χ3v) is 4.92. The first-order valence-corrected chi connectivity index (χ1v) is 8.19. The lowest BCUT2D eigenvalue weighted by atomic mass is 10.1. The van der Waals surface area contributed by atoms with Crippen molar-refractivity contribution in [2.24, 2.45) is 7.05 Å². The van der Waals surface area contributed by atoms with Gasteiger partial charge in [-0.25, -0.2) is 4.98 Å². The number of nitrogens with zero attached hydrogens (tertiary/aromatic N) is 5. The molecule has 0 aromatic carbocycles. The first-order valence-electron chi connectivity index (χ1n) is 7.81. The highest BCUT2D eigenvalue weighted by molar-refractivity contribution is 6.30. The normalized spacial score (nSPS) is 17.1. The van der Waals surface area contributed by atoms with Gasteiger partial charge >= 0.3 is 0 Å². The average Bonchev–Trinajstić information content (AvgIpc) is 3.11. The van der Waals surface area contributed by atoms with Gasteiger partial charge in [0.05, 0.1) is 23.0 Å². The summed E-state index contributed by atoms with van der Waals surface area (Å²) in [6.45, 7) is 4.31. The Balaban J connectivity index is 1.95. The first-order chi connectivity index (χ1) is 11.4. The molecule has 0 bridgehead atoms. The van der Waals surface area contributed by atoms with Crippen molar-refractivity contribution in [2.45, 2.75) is 32.7 Å². The molecule has 3 rings (SSSR count). The van der Waals surface area contributed by atoms with Gasteiger partial charge in [-0.15, -0.1) is 0 Å². The van der Waals surface area contributed by atoms with Gasteiger partial charge in [-0.2, -0.15) is 10.4 Å². The molecule has 0 aliphatic carbocycles. The van der Waals surface area contributed by atoms with Crippen LogP contribution in [-0.2, 0) is 7.05 Å². The predicted octanol–water partition coefficient (Wildman–Crippen LogP) is 2.93. The van der Waals surface area contributed by atoms with Crippen LogP contribution in [0, 0.1) is 25.2 Å². The van der Waals surface area contributed by atoms with E-state index >= 15 is 0 Å². The summed E-state index contributed by atoms with van der Waals surface area (Å²) < 4.78 is 1.64. The van der Waals surface area contributed by atoms with Crippen molar-refractivity contribution in [3.05, 3.63) is 45.5 Å². The average molecular weight is 344 g/mol. The quantitative estimate of drug-likeness (QED) is 0.840. The highest BCUT2D eigenvalue weighted by Crippen LogP contribution is 2.38. The largest absolute Gasteiger partial charge is 0.330 e. The van der Waals surface area contributed by atoms with Crippen LogP contribution in [0.1, 0.15) is 51.9 Å². The molecule has 1 atom stereocenters. The second kappa shape index (κ2) is 6.25. The molecule has 0 saturated carbocycles. The van der Waals surface area contributed by atoms with E-state index < -0.39 is 0 Å². The van der Waals surface area contributed by atoms with Crippen molar-refractivity contribution in [1.82, 2.24) is 19.7 Å². The van der Waals surface area contributed by atoms with Crippen LogP contribution in [0.2, 0.25) is 5.15 Å². The third kappa shape index (κ3) is 2.65. The third-order valence-electron chi connectivity index (χ3n) is 4.47. The fraction of sp³-hybridized carbons (Fsp3) is 0.412. The molecular weight excluding hydrogens is 326 g/mol. The van der Waals surface area contributed by atoms with Crippen molar-refractivity contribution >= 4 is 17.5 Å². The molecule has 0 radical (unpaired) electrons. The van der Waals surface area contributed by atoms with Crippen LogP contribution in [0.5, 0.6) is 0 Å². The predicted molar refractivity (Wildman–Crippen MR) is 89.7 cm³/mol. The zero-order valence-corrected chi connectivity index (χ0v) is 14.6. The molecular formula is C17H18ClN5O. The summed E-state index contributed by atoms with van der Waals surface area (Å²) in [6.07, 6.45) is 1.77. The van der Waals surface area contributed by atoms with Crippen LogP contribution in [0.4, 0.5) is 0 Å². The Morgan fingerprint density at radius 1 is 1.38 bits per heavy atom. The Kier molecular flexibility index (Phi) is 4.29. The molecule has 3 heterocycles. The van der Waals surface area contributed by atoms with Crippen LogP contribution in [0.15, 0.2) is 12.1 Å². The number of likely N-dealkylation sites (tertiary alicyclic amines) is 1. The zero-order valence-electron chi connectivity index (χ0n) is 13.9. The van der Waals surface area contributed by atoms with Gasteiger partial charge in [-0.05, 0) is 38.8 Å². The van der Waals surface area contributed by atoms with Gasteiger partial charge in [0.15, 0.2) is 0 Å². The van der Waals surface area contributed by atoms with Crippen molar-refractivity contribution in [3.8, 4) is 6.07 Å². The van der Waals surface area contributed by atoms with Gasteiger partial charge in [0.2, 0.25) is 0 Å². The Morgan fingerprint density at radius 3 is 2.71 bits per heavy atom. The van der Waals surface area contributed by atoms with Gasteiger partial charge in [-0.3, -0.25) is 9.48 Å². The summed E-state index contributed by atoms with van der Waals surface area (Å²) in [5.74, 6) is -0.135. The second-order valence-electron chi connectivity index (χ2n) is 6.01. The van der Waals surface area contributed by atoms with Crippen LogP contribution in [-0.4, -0.2) is 32.1 Å². The minimum atomic E-state index is -0.135. The molecule has 2 aromatic rings. The van der Waals surface area contributed by atoms with Gasteiger partial charge in [0, 0.05) is 19.2 Å². The number of hydrogen-bond donors (Lipinski definition) is 0. The number of amides is 1. The summed E-state index contributed by atoms with van der Waals surface area (Å²) >= 11 is 6.39. The summed E-state index contributed by atoms with van der Waals surface area (Å²) in [6, 6.07) is 5.23. The standard InChI is InChI=1S/C17H18ClN5O/c1-10-12(9-19)6-7-13(20-10)17(24)23-8-4-5-14(23)15-11(2)21-22(3)16(15)18/h6-7,14H,4-5,8H2,1-3H3. The van der Waals surface area contributed by atoms with E-state index in [1.807, 2.05) is 11.8 Å². The smallest absolute Gasteiger partial charge is 0.272 e. The Hall–Kier alpha value is -2.39. The van der Waals surface area contributed by atoms with E-state index in [1.54, 1.807) is 30.8 Å². The lowest BCUT2D eigenvalue weighted by Crippen LogP contribution is -2.31. The van der Waals surface area contributed by atoms with Gasteiger partial charge in [-0.1, -0.05) is 11.6 Å². The van der Waals surface area contributed by atoms with E-state index in [2.05, 4.69) is 16.2 Å². The topological polar surface area (TPSA) is 74.8 Å². The minimum Gasteiger partial charge on any atom is -0.330 e. The number of aromatic nitrogens is 3. The van der Waals surface area contributed by atoms with Crippen LogP contribution in [0.3, 0.4) is 0 Å². The maximum Gasteiger partial charge on any atom is 0.272 e. The summed E-state index contributed by atoms with van der Waals surface area (Å²) in [4.78, 5) is 19.0. The number of nitriles is 1. The number of aryl methyl sites for hydroxylation is 3. The zero-order chi connectivity index (χ0) is 17.4. The molecule has 124 valence electrons. The molecule has 0 N–H and O–H groups in total. The highest BCUT2D eigenvalue weighted by atomic mass is 35.5. The number of halogens is 1. The molecule has 7 heteroatoms. The number of pyridine rings is 1. The Morgan fingerprint density at radius 2 is 2.12 bits per heavy atom. The van der Waals surface area contributed by atoms with Crippen molar-refractivity contribution < 1.29 is 4.79 Å². The monoisotopic (exact) mass is 343 g/mol. The molecule has 1 aliphatic heterocycles. The van der Waals surface area contributed by atoms with Crippen molar-refractivity contribution in [2.75, 3.05) is 6.54 Å². The van der Waals surface area contributed by atoms with E-state index in [-0.39, 0.29) is 11.9 Å². The molecule has 2 aromatic heterocycles. The molecule has 24 heavy (non-hydrogen) atoms. The van der Waals surface area contributed by atoms with E-state index in [0.717, 1.165) is 24.1 Å². The Labute approximate surface area is 145 Å². The summed E-state index contributed by atoms with van der Waals surface area (Å²) in [5.41, 5.74) is 3.16. The number of rotatable bonds is 2. The van der Waals surface area contributed by atoms with Crippen LogP contribution >= 0.6 is 11.6 Å². The van der Waals surface area contributed by atoms with E-state index in [0.29, 0.717) is 28.6 Å². The number of hydrogen-bond acceptors (Lipinski definition) is 4. The van der Waals surface area contributed by atoms with Gasteiger partial charge < -0.3 is 4.90 Å². The molecule has 1 amide bonds. The molecule has 0 spiro atoms. The lowest BCUT2D eigenvalue weighted by Gasteiger charge is -2.24. The highest BCUT2D eigenvalue weighted by Gasteiger charge is 2.35. The summed E-state index contributed by atoms with van der Waals surface area (Å²) in [7, 11) is 1.80. The molecule has 6 nitrogen and oxygen atoms in total. The fourth-order valence-electron chi connectivity index (χ4n) is 3.28.